The Morgan fingerprint density at radius 2 is 1.61 bits per heavy atom. The molecule has 1 N–H and O–H groups in total. The molecule has 1 saturated carbocycles. The highest BCUT2D eigenvalue weighted by Gasteiger charge is 2.26. The van der Waals surface area contributed by atoms with Crippen molar-refractivity contribution in [2.45, 2.75) is 83.7 Å². The third kappa shape index (κ3) is 4.19. The van der Waals surface area contributed by atoms with Crippen molar-refractivity contribution in [3.05, 3.63) is 11.4 Å². The standard InChI is InChI=1S/C18H31N5/c1-3-16-17(4-2)21-22-18(20-16)19-14-10-12-23(13-11-14)15-8-6-5-7-9-15/h14-15H,3-13H2,1-2H3,(H,19,20,22). The van der Waals surface area contributed by atoms with Crippen LogP contribution in [0.1, 0.15) is 70.2 Å². The molecular weight excluding hydrogens is 286 g/mol. The number of likely N-dealkylation sites (tertiary alicyclic amines) is 1. The van der Waals surface area contributed by atoms with E-state index in [0.717, 1.165) is 36.2 Å². The molecule has 1 saturated heterocycles. The van der Waals surface area contributed by atoms with Gasteiger partial charge in [-0.2, -0.15) is 5.10 Å². The van der Waals surface area contributed by atoms with Crippen LogP contribution in [0.5, 0.6) is 0 Å². The van der Waals surface area contributed by atoms with Crippen molar-refractivity contribution in [2.24, 2.45) is 0 Å². The van der Waals surface area contributed by atoms with Gasteiger partial charge in [-0.3, -0.25) is 0 Å². The minimum Gasteiger partial charge on any atom is -0.350 e. The number of rotatable bonds is 5. The minimum absolute atomic E-state index is 0.494. The molecule has 2 fully saturated rings. The topological polar surface area (TPSA) is 53.9 Å². The summed E-state index contributed by atoms with van der Waals surface area (Å²) in [4.78, 5) is 7.38. The average Bonchev–Trinajstić information content (AvgIpc) is 2.63. The van der Waals surface area contributed by atoms with Gasteiger partial charge in [-0.05, 0) is 38.5 Å². The van der Waals surface area contributed by atoms with Gasteiger partial charge in [0.2, 0.25) is 5.95 Å². The Labute approximate surface area is 140 Å². The predicted molar refractivity (Wildman–Crippen MR) is 93.7 cm³/mol. The van der Waals surface area contributed by atoms with Crippen molar-refractivity contribution in [2.75, 3.05) is 18.4 Å². The highest BCUT2D eigenvalue weighted by molar-refractivity contribution is 5.27. The van der Waals surface area contributed by atoms with Crippen LogP contribution in [0.2, 0.25) is 0 Å². The van der Waals surface area contributed by atoms with Gasteiger partial charge in [0.25, 0.3) is 0 Å². The van der Waals surface area contributed by atoms with Gasteiger partial charge in [-0.15, -0.1) is 5.10 Å². The van der Waals surface area contributed by atoms with E-state index in [2.05, 4.69) is 39.2 Å². The second kappa shape index (κ2) is 8.04. The average molecular weight is 317 g/mol. The Hall–Kier alpha value is -1.23. The van der Waals surface area contributed by atoms with Crippen LogP contribution in [-0.4, -0.2) is 45.3 Å². The van der Waals surface area contributed by atoms with Gasteiger partial charge in [-0.1, -0.05) is 33.1 Å². The summed E-state index contributed by atoms with van der Waals surface area (Å²) in [5, 5.41) is 12.1. The number of nitrogens with zero attached hydrogens (tertiary/aromatic N) is 4. The number of hydrogen-bond acceptors (Lipinski definition) is 5. The van der Waals surface area contributed by atoms with E-state index in [1.165, 1.54) is 58.0 Å². The summed E-state index contributed by atoms with van der Waals surface area (Å²) < 4.78 is 0. The first kappa shape index (κ1) is 16.6. The summed E-state index contributed by atoms with van der Waals surface area (Å²) in [5.74, 6) is 0.718. The van der Waals surface area contributed by atoms with E-state index in [1.54, 1.807) is 0 Å². The zero-order valence-corrected chi connectivity index (χ0v) is 14.7. The molecule has 3 rings (SSSR count). The summed E-state index contributed by atoms with van der Waals surface area (Å²) in [6.45, 7) is 6.67. The lowest BCUT2D eigenvalue weighted by Crippen LogP contribution is -2.45. The lowest BCUT2D eigenvalue weighted by molar-refractivity contribution is 0.126. The fraction of sp³-hybridized carbons (Fsp3) is 0.833. The molecule has 1 aromatic rings. The van der Waals surface area contributed by atoms with Crippen LogP contribution in [0.25, 0.3) is 0 Å². The molecule has 0 aromatic carbocycles. The Bertz CT molecular complexity index is 490. The summed E-state index contributed by atoms with van der Waals surface area (Å²) in [6.07, 6.45) is 11.3. The van der Waals surface area contributed by atoms with Crippen LogP contribution < -0.4 is 5.32 Å². The summed E-state index contributed by atoms with van der Waals surface area (Å²) >= 11 is 0. The molecule has 2 heterocycles. The molecule has 0 unspecified atom stereocenters. The molecular formula is C18H31N5. The Kier molecular flexibility index (Phi) is 5.81. The smallest absolute Gasteiger partial charge is 0.243 e. The molecule has 0 bridgehead atoms. The van der Waals surface area contributed by atoms with E-state index in [4.69, 9.17) is 0 Å². The molecule has 0 radical (unpaired) electrons. The van der Waals surface area contributed by atoms with Gasteiger partial charge >= 0.3 is 0 Å². The van der Waals surface area contributed by atoms with Gasteiger partial charge in [0.15, 0.2) is 0 Å². The van der Waals surface area contributed by atoms with Crippen LogP contribution in [0, 0.1) is 0 Å². The number of aromatic nitrogens is 3. The van der Waals surface area contributed by atoms with E-state index in [-0.39, 0.29) is 0 Å². The van der Waals surface area contributed by atoms with Gasteiger partial charge in [0.1, 0.15) is 0 Å². The second-order valence-electron chi connectivity index (χ2n) is 6.98. The summed E-state index contributed by atoms with van der Waals surface area (Å²) in [5.41, 5.74) is 2.12. The number of nitrogens with one attached hydrogen (secondary N) is 1. The van der Waals surface area contributed by atoms with Gasteiger partial charge in [-0.25, -0.2) is 4.98 Å². The lowest BCUT2D eigenvalue weighted by Gasteiger charge is -2.39. The first-order valence-corrected chi connectivity index (χ1v) is 9.53. The van der Waals surface area contributed by atoms with E-state index in [1.807, 2.05) is 0 Å². The molecule has 2 aliphatic rings. The highest BCUT2D eigenvalue weighted by Crippen LogP contribution is 2.25. The fourth-order valence-corrected chi connectivity index (χ4v) is 4.04. The minimum atomic E-state index is 0.494. The maximum Gasteiger partial charge on any atom is 0.243 e. The third-order valence-electron chi connectivity index (χ3n) is 5.46. The largest absolute Gasteiger partial charge is 0.350 e. The molecule has 1 aromatic heterocycles. The quantitative estimate of drug-likeness (QED) is 0.904. The number of hydrogen-bond donors (Lipinski definition) is 1. The molecule has 1 aliphatic carbocycles. The Morgan fingerprint density at radius 1 is 0.913 bits per heavy atom. The fourth-order valence-electron chi connectivity index (χ4n) is 4.04. The number of piperidine rings is 1. The van der Waals surface area contributed by atoms with Crippen LogP contribution in [0.15, 0.2) is 0 Å². The van der Waals surface area contributed by atoms with Crippen LogP contribution in [0.4, 0.5) is 5.95 Å². The molecule has 0 atom stereocenters. The molecule has 5 heteroatoms. The monoisotopic (exact) mass is 317 g/mol. The zero-order chi connectivity index (χ0) is 16.1. The van der Waals surface area contributed by atoms with Crippen molar-refractivity contribution in [1.29, 1.82) is 0 Å². The molecule has 23 heavy (non-hydrogen) atoms. The van der Waals surface area contributed by atoms with E-state index >= 15 is 0 Å². The summed E-state index contributed by atoms with van der Waals surface area (Å²) in [6, 6.07) is 1.34. The highest BCUT2D eigenvalue weighted by atomic mass is 15.3. The Morgan fingerprint density at radius 3 is 2.26 bits per heavy atom. The van der Waals surface area contributed by atoms with Crippen LogP contribution in [-0.2, 0) is 12.8 Å². The normalized spacial score (nSPS) is 21.5. The van der Waals surface area contributed by atoms with Crippen LogP contribution in [0.3, 0.4) is 0 Å². The lowest BCUT2D eigenvalue weighted by atomic mass is 9.92. The van der Waals surface area contributed by atoms with E-state index < -0.39 is 0 Å². The second-order valence-corrected chi connectivity index (χ2v) is 6.98. The first-order valence-electron chi connectivity index (χ1n) is 9.53. The number of aryl methyl sites for hydroxylation is 2. The molecule has 128 valence electrons. The van der Waals surface area contributed by atoms with E-state index in [9.17, 15) is 0 Å². The van der Waals surface area contributed by atoms with Crippen LogP contribution >= 0.6 is 0 Å². The van der Waals surface area contributed by atoms with E-state index in [0.29, 0.717) is 6.04 Å². The van der Waals surface area contributed by atoms with Gasteiger partial charge < -0.3 is 10.2 Å². The molecule has 1 aliphatic heterocycles. The first-order chi connectivity index (χ1) is 11.3. The van der Waals surface area contributed by atoms with Crippen molar-refractivity contribution in [1.82, 2.24) is 20.1 Å². The Balaban J connectivity index is 1.52. The van der Waals surface area contributed by atoms with Crippen molar-refractivity contribution >= 4 is 5.95 Å². The maximum absolute atomic E-state index is 4.67. The summed E-state index contributed by atoms with van der Waals surface area (Å²) in [7, 11) is 0. The maximum atomic E-state index is 4.67. The van der Waals surface area contributed by atoms with Gasteiger partial charge in [0.05, 0.1) is 11.4 Å². The SMILES string of the molecule is CCc1nnc(NC2CCN(C3CCCCC3)CC2)nc1CC. The van der Waals surface area contributed by atoms with Gasteiger partial charge in [0, 0.05) is 25.2 Å². The third-order valence-corrected chi connectivity index (χ3v) is 5.46. The number of anilines is 1. The molecule has 0 spiro atoms. The molecule has 0 amide bonds. The zero-order valence-electron chi connectivity index (χ0n) is 14.7. The van der Waals surface area contributed by atoms with Crippen molar-refractivity contribution in [3.63, 3.8) is 0 Å². The predicted octanol–water partition coefficient (Wildman–Crippen LogP) is 3.21. The molecule has 5 nitrogen and oxygen atoms in total. The van der Waals surface area contributed by atoms with Crippen molar-refractivity contribution in [3.8, 4) is 0 Å². The van der Waals surface area contributed by atoms with Crippen molar-refractivity contribution < 1.29 is 0 Å².